The third-order valence-electron chi connectivity index (χ3n) is 4.26. The van der Waals surface area contributed by atoms with Crippen LogP contribution in [0.15, 0.2) is 42.5 Å². The molecule has 29 heavy (non-hydrogen) atoms. The second kappa shape index (κ2) is 7.34. The summed E-state index contributed by atoms with van der Waals surface area (Å²) in [7, 11) is -3.80. The van der Waals surface area contributed by atoms with Gasteiger partial charge < -0.3 is 5.32 Å². The minimum Gasteiger partial charge on any atom is -0.321 e. The van der Waals surface area contributed by atoms with Gasteiger partial charge in [0, 0.05) is 10.6 Å². The molecule has 2 aromatic rings. The van der Waals surface area contributed by atoms with Crippen LogP contribution in [0.5, 0.6) is 0 Å². The van der Waals surface area contributed by atoms with Gasteiger partial charge in [-0.1, -0.05) is 18.5 Å². The van der Waals surface area contributed by atoms with Crippen LogP contribution in [0.1, 0.15) is 22.8 Å². The summed E-state index contributed by atoms with van der Waals surface area (Å²) in [5.41, 5.74) is -1.54. The second-order valence-electron chi connectivity index (χ2n) is 6.47. The number of carbonyl (C=O) groups is 2. The number of nitrogens with zero attached hydrogens (tertiary/aromatic N) is 1. The average Bonchev–Trinajstić information content (AvgIpc) is 2.83. The monoisotopic (exact) mass is 446 g/mol. The van der Waals surface area contributed by atoms with Crippen molar-refractivity contribution in [2.24, 2.45) is 5.92 Å². The van der Waals surface area contributed by atoms with Crippen LogP contribution in [0.3, 0.4) is 0 Å². The van der Waals surface area contributed by atoms with Crippen LogP contribution in [0.4, 0.5) is 24.5 Å². The number of halogens is 4. The van der Waals surface area contributed by atoms with E-state index in [0.29, 0.717) is 10.4 Å². The van der Waals surface area contributed by atoms with Crippen molar-refractivity contribution in [1.29, 1.82) is 0 Å². The molecule has 1 aliphatic heterocycles. The van der Waals surface area contributed by atoms with Crippen molar-refractivity contribution in [3.05, 3.63) is 58.6 Å². The summed E-state index contributed by atoms with van der Waals surface area (Å²) in [6, 6.07) is 7.88. The molecule has 1 atom stereocenters. The van der Waals surface area contributed by atoms with Crippen LogP contribution in [0.25, 0.3) is 0 Å². The van der Waals surface area contributed by atoms with Crippen molar-refractivity contribution < 1.29 is 31.2 Å². The summed E-state index contributed by atoms with van der Waals surface area (Å²) in [5.74, 6) is -2.43. The number of benzene rings is 2. The minimum absolute atomic E-state index is 0.0195. The van der Waals surface area contributed by atoms with Gasteiger partial charge in [0.1, 0.15) is 0 Å². The predicted molar refractivity (Wildman–Crippen MR) is 101 cm³/mol. The Morgan fingerprint density at radius 3 is 2.31 bits per heavy atom. The number of rotatable bonds is 3. The van der Waals surface area contributed by atoms with Crippen LogP contribution in [0.2, 0.25) is 5.02 Å². The Hall–Kier alpha value is -2.59. The molecule has 2 aromatic carbocycles. The number of amides is 2. The van der Waals surface area contributed by atoms with Crippen molar-refractivity contribution in [3.8, 4) is 0 Å². The molecule has 0 saturated carbocycles. The number of hydrogen-bond acceptors (Lipinski definition) is 4. The lowest BCUT2D eigenvalue weighted by Crippen LogP contribution is -2.30. The zero-order valence-corrected chi connectivity index (χ0v) is 16.4. The molecule has 3 rings (SSSR count). The second-order valence-corrected chi connectivity index (χ2v) is 8.77. The van der Waals surface area contributed by atoms with E-state index in [-0.39, 0.29) is 22.0 Å². The van der Waals surface area contributed by atoms with Gasteiger partial charge in [-0.05, 0) is 42.5 Å². The van der Waals surface area contributed by atoms with Crippen molar-refractivity contribution in [2.45, 2.75) is 13.1 Å². The highest BCUT2D eigenvalue weighted by molar-refractivity contribution is 7.94. The van der Waals surface area contributed by atoms with Gasteiger partial charge in [0.05, 0.1) is 28.6 Å². The standard InChI is InChI=1S/C18H14ClF3N2O4S/c1-10-9-29(27,28)24(17(10)26)13-5-2-11(3-6-13)16(25)23-15-7-4-12(19)8-14(15)18(20,21)22/h2-8,10H,9H2,1H3,(H,23,25). The molecular weight excluding hydrogens is 433 g/mol. The van der Waals surface area contributed by atoms with Gasteiger partial charge in [0.2, 0.25) is 15.9 Å². The maximum absolute atomic E-state index is 13.1. The van der Waals surface area contributed by atoms with E-state index in [4.69, 9.17) is 11.6 Å². The molecule has 6 nitrogen and oxygen atoms in total. The molecule has 0 aliphatic carbocycles. The summed E-state index contributed by atoms with van der Waals surface area (Å²) in [6.45, 7) is 1.49. The number of alkyl halides is 3. The lowest BCUT2D eigenvalue weighted by molar-refractivity contribution is -0.136. The molecule has 1 fully saturated rings. The van der Waals surface area contributed by atoms with E-state index < -0.39 is 45.2 Å². The molecule has 1 unspecified atom stereocenters. The van der Waals surface area contributed by atoms with Crippen LogP contribution >= 0.6 is 11.6 Å². The van der Waals surface area contributed by atoms with Crippen LogP contribution in [-0.2, 0) is 21.0 Å². The summed E-state index contributed by atoms with van der Waals surface area (Å²) in [5, 5.41) is 2.03. The zero-order chi connectivity index (χ0) is 21.6. The fourth-order valence-electron chi connectivity index (χ4n) is 2.89. The van der Waals surface area contributed by atoms with Crippen LogP contribution < -0.4 is 9.62 Å². The van der Waals surface area contributed by atoms with E-state index >= 15 is 0 Å². The maximum atomic E-state index is 13.1. The Bertz CT molecular complexity index is 1090. The molecule has 154 valence electrons. The number of sulfonamides is 1. The first-order chi connectivity index (χ1) is 13.4. The smallest absolute Gasteiger partial charge is 0.321 e. The van der Waals surface area contributed by atoms with E-state index in [1.807, 2.05) is 0 Å². The third-order valence-corrected chi connectivity index (χ3v) is 6.36. The van der Waals surface area contributed by atoms with Gasteiger partial charge in [-0.25, -0.2) is 12.7 Å². The molecule has 0 bridgehead atoms. The number of carbonyl (C=O) groups excluding carboxylic acids is 2. The van der Waals surface area contributed by atoms with Gasteiger partial charge >= 0.3 is 6.18 Å². The number of nitrogens with one attached hydrogen (secondary N) is 1. The summed E-state index contributed by atoms with van der Waals surface area (Å²) in [4.78, 5) is 24.4. The molecular formula is C18H14ClF3N2O4S. The lowest BCUT2D eigenvalue weighted by Gasteiger charge is -2.16. The van der Waals surface area contributed by atoms with Crippen molar-refractivity contribution in [2.75, 3.05) is 15.4 Å². The molecule has 2 amide bonds. The summed E-state index contributed by atoms with van der Waals surface area (Å²) >= 11 is 5.61. The maximum Gasteiger partial charge on any atom is 0.418 e. The molecule has 11 heteroatoms. The topological polar surface area (TPSA) is 83.6 Å². The highest BCUT2D eigenvalue weighted by Crippen LogP contribution is 2.36. The van der Waals surface area contributed by atoms with E-state index in [0.717, 1.165) is 6.07 Å². The third kappa shape index (κ3) is 4.23. The lowest BCUT2D eigenvalue weighted by atomic mass is 10.1. The molecule has 0 radical (unpaired) electrons. The molecule has 1 aliphatic rings. The molecule has 1 saturated heterocycles. The van der Waals surface area contributed by atoms with Crippen molar-refractivity contribution in [1.82, 2.24) is 0 Å². The highest BCUT2D eigenvalue weighted by Gasteiger charge is 2.42. The number of hydrogen-bond donors (Lipinski definition) is 1. The summed E-state index contributed by atoms with van der Waals surface area (Å²) in [6.07, 6.45) is -4.72. The number of anilines is 2. The van der Waals surface area contributed by atoms with E-state index in [1.165, 1.54) is 37.3 Å². The molecule has 0 aromatic heterocycles. The van der Waals surface area contributed by atoms with Gasteiger partial charge in [-0.3, -0.25) is 9.59 Å². The Balaban J connectivity index is 1.85. The van der Waals surface area contributed by atoms with Gasteiger partial charge in [0.25, 0.3) is 5.91 Å². The Labute approximate surface area is 169 Å². The SMILES string of the molecule is CC1CS(=O)(=O)N(c2ccc(C(=O)Nc3ccc(Cl)cc3C(F)(F)F)cc2)C1=O. The molecule has 1 heterocycles. The van der Waals surface area contributed by atoms with E-state index in [2.05, 4.69) is 5.32 Å². The predicted octanol–water partition coefficient (Wildman–Crippen LogP) is 3.92. The van der Waals surface area contributed by atoms with Crippen LogP contribution in [-0.4, -0.2) is 26.0 Å². The fraction of sp³-hybridized carbons (Fsp3) is 0.222. The van der Waals surface area contributed by atoms with Gasteiger partial charge in [0.15, 0.2) is 0 Å². The van der Waals surface area contributed by atoms with E-state index in [9.17, 15) is 31.2 Å². The van der Waals surface area contributed by atoms with Gasteiger partial charge in [-0.15, -0.1) is 0 Å². The average molecular weight is 447 g/mol. The first-order valence-corrected chi connectivity index (χ1v) is 10.2. The first kappa shape index (κ1) is 21.1. The van der Waals surface area contributed by atoms with Crippen molar-refractivity contribution >= 4 is 44.8 Å². The zero-order valence-electron chi connectivity index (χ0n) is 14.8. The van der Waals surface area contributed by atoms with Gasteiger partial charge in [-0.2, -0.15) is 13.2 Å². The van der Waals surface area contributed by atoms with E-state index in [1.54, 1.807) is 0 Å². The Morgan fingerprint density at radius 2 is 1.79 bits per heavy atom. The van der Waals surface area contributed by atoms with Crippen molar-refractivity contribution in [3.63, 3.8) is 0 Å². The highest BCUT2D eigenvalue weighted by atomic mass is 35.5. The largest absolute Gasteiger partial charge is 0.418 e. The molecule has 1 N–H and O–H groups in total. The summed E-state index contributed by atoms with van der Waals surface area (Å²) < 4.78 is 64.3. The molecule has 0 spiro atoms. The van der Waals surface area contributed by atoms with Crippen LogP contribution in [0, 0.1) is 5.92 Å². The minimum atomic E-state index is -4.72. The quantitative estimate of drug-likeness (QED) is 0.774. The fourth-order valence-corrected chi connectivity index (χ4v) is 4.88. The Kier molecular flexibility index (Phi) is 5.35. The first-order valence-electron chi connectivity index (χ1n) is 8.25. The normalized spacial score (nSPS) is 18.7. The Morgan fingerprint density at radius 1 is 1.17 bits per heavy atom.